The molecule has 0 unspecified atom stereocenters. The molecule has 0 bridgehead atoms. The third-order valence-electron chi connectivity index (χ3n) is 4.10. The summed E-state index contributed by atoms with van der Waals surface area (Å²) in [6.45, 7) is 0.338. The zero-order valence-electron chi connectivity index (χ0n) is 16.0. The number of nitrogens with zero attached hydrogens (tertiary/aromatic N) is 2. The number of hydrogen-bond acceptors (Lipinski definition) is 6. The van der Waals surface area contributed by atoms with Crippen LogP contribution in [0.15, 0.2) is 61.1 Å². The number of ether oxygens (including phenoxy) is 2. The van der Waals surface area contributed by atoms with Gasteiger partial charge in [-0.1, -0.05) is 0 Å². The summed E-state index contributed by atoms with van der Waals surface area (Å²) >= 11 is 0. The van der Waals surface area contributed by atoms with E-state index in [0.717, 1.165) is 5.56 Å². The first-order chi connectivity index (χ1) is 14.1. The Morgan fingerprint density at radius 2 is 1.66 bits per heavy atom. The van der Waals surface area contributed by atoms with Gasteiger partial charge in [-0.3, -0.25) is 19.6 Å². The number of methoxy groups -OCH3 is 2. The highest BCUT2D eigenvalue weighted by molar-refractivity contribution is 6.05. The first-order valence-corrected chi connectivity index (χ1v) is 8.77. The molecule has 0 spiro atoms. The third-order valence-corrected chi connectivity index (χ3v) is 4.10. The van der Waals surface area contributed by atoms with Gasteiger partial charge < -0.3 is 20.1 Å². The second-order valence-electron chi connectivity index (χ2n) is 5.99. The highest BCUT2D eigenvalue weighted by Gasteiger charge is 2.13. The third kappa shape index (κ3) is 5.07. The summed E-state index contributed by atoms with van der Waals surface area (Å²) in [7, 11) is 3.05. The Hall–Kier alpha value is -3.94. The van der Waals surface area contributed by atoms with Crippen molar-refractivity contribution in [2.75, 3.05) is 19.5 Å². The van der Waals surface area contributed by atoms with Crippen molar-refractivity contribution in [3.63, 3.8) is 0 Å². The van der Waals surface area contributed by atoms with Crippen LogP contribution in [0.25, 0.3) is 0 Å². The van der Waals surface area contributed by atoms with Crippen molar-refractivity contribution >= 4 is 17.5 Å². The van der Waals surface area contributed by atoms with E-state index in [1.807, 2.05) is 0 Å². The number of rotatable bonds is 7. The minimum absolute atomic E-state index is 0.152. The SMILES string of the molecule is COc1ccc(NC(=O)c2ccnc(C(=O)NCc3ccncc3)c2)cc1OC. The fourth-order valence-corrected chi connectivity index (χ4v) is 2.59. The summed E-state index contributed by atoms with van der Waals surface area (Å²) in [6, 6.07) is 11.6. The van der Waals surface area contributed by atoms with Gasteiger partial charge in [0.15, 0.2) is 11.5 Å². The molecule has 2 aromatic heterocycles. The van der Waals surface area contributed by atoms with Gasteiger partial charge in [0, 0.05) is 42.5 Å². The van der Waals surface area contributed by atoms with Crippen LogP contribution in [-0.2, 0) is 6.54 Å². The summed E-state index contributed by atoms with van der Waals surface area (Å²) in [4.78, 5) is 32.9. The van der Waals surface area contributed by atoms with Crippen molar-refractivity contribution in [3.05, 3.63) is 77.9 Å². The van der Waals surface area contributed by atoms with Gasteiger partial charge in [-0.25, -0.2) is 0 Å². The van der Waals surface area contributed by atoms with E-state index in [9.17, 15) is 9.59 Å². The number of nitrogens with one attached hydrogen (secondary N) is 2. The number of benzene rings is 1. The molecule has 3 aromatic rings. The molecular formula is C21H20N4O4. The predicted octanol–water partition coefficient (Wildman–Crippen LogP) is 2.68. The number of carbonyl (C=O) groups excluding carboxylic acids is 2. The first-order valence-electron chi connectivity index (χ1n) is 8.77. The van der Waals surface area contributed by atoms with Crippen LogP contribution in [0.5, 0.6) is 11.5 Å². The molecule has 148 valence electrons. The molecule has 0 fully saturated rings. The highest BCUT2D eigenvalue weighted by Crippen LogP contribution is 2.29. The molecule has 2 heterocycles. The summed E-state index contributed by atoms with van der Waals surface area (Å²) < 4.78 is 10.4. The zero-order valence-corrected chi connectivity index (χ0v) is 16.0. The van der Waals surface area contributed by atoms with Crippen molar-refractivity contribution in [1.82, 2.24) is 15.3 Å². The van der Waals surface area contributed by atoms with Crippen molar-refractivity contribution in [2.24, 2.45) is 0 Å². The normalized spacial score (nSPS) is 10.1. The van der Waals surface area contributed by atoms with E-state index < -0.39 is 0 Å². The standard InChI is InChI=1S/C21H20N4O4/c1-28-18-4-3-16(12-19(18)29-2)25-20(26)15-7-10-23-17(11-15)21(27)24-13-14-5-8-22-9-6-14/h3-12H,13H2,1-2H3,(H,24,27)(H,25,26). The molecule has 2 amide bonds. The molecule has 8 nitrogen and oxygen atoms in total. The molecular weight excluding hydrogens is 372 g/mol. The van der Waals surface area contributed by atoms with Crippen LogP contribution in [0.2, 0.25) is 0 Å². The molecule has 3 rings (SSSR count). The molecule has 29 heavy (non-hydrogen) atoms. The van der Waals surface area contributed by atoms with Crippen LogP contribution in [0, 0.1) is 0 Å². The van der Waals surface area contributed by atoms with Gasteiger partial charge >= 0.3 is 0 Å². The molecule has 0 aliphatic carbocycles. The average Bonchev–Trinajstić information content (AvgIpc) is 2.78. The zero-order chi connectivity index (χ0) is 20.6. The van der Waals surface area contributed by atoms with E-state index in [0.29, 0.717) is 29.3 Å². The van der Waals surface area contributed by atoms with E-state index >= 15 is 0 Å². The van der Waals surface area contributed by atoms with Crippen LogP contribution in [-0.4, -0.2) is 36.0 Å². The Kier molecular flexibility index (Phi) is 6.36. The second-order valence-corrected chi connectivity index (χ2v) is 5.99. The number of carbonyl (C=O) groups is 2. The molecule has 1 aromatic carbocycles. The largest absolute Gasteiger partial charge is 0.493 e. The molecule has 0 saturated carbocycles. The number of hydrogen-bond donors (Lipinski definition) is 2. The summed E-state index contributed by atoms with van der Waals surface area (Å²) in [5.41, 5.74) is 1.91. The molecule has 0 saturated heterocycles. The molecule has 8 heteroatoms. The van der Waals surface area contributed by atoms with Gasteiger partial charge in [-0.15, -0.1) is 0 Å². The van der Waals surface area contributed by atoms with Crippen LogP contribution in [0.4, 0.5) is 5.69 Å². The molecule has 0 atom stereocenters. The molecule has 0 aliphatic heterocycles. The molecule has 0 radical (unpaired) electrons. The lowest BCUT2D eigenvalue weighted by Gasteiger charge is -2.11. The predicted molar refractivity (Wildman–Crippen MR) is 107 cm³/mol. The van der Waals surface area contributed by atoms with Crippen molar-refractivity contribution < 1.29 is 19.1 Å². The quantitative estimate of drug-likeness (QED) is 0.641. The Balaban J connectivity index is 1.68. The van der Waals surface area contributed by atoms with Gasteiger partial charge in [0.05, 0.1) is 14.2 Å². The van der Waals surface area contributed by atoms with Gasteiger partial charge in [-0.2, -0.15) is 0 Å². The van der Waals surface area contributed by atoms with Crippen LogP contribution in [0.3, 0.4) is 0 Å². The highest BCUT2D eigenvalue weighted by atomic mass is 16.5. The lowest BCUT2D eigenvalue weighted by molar-refractivity contribution is 0.0946. The van der Waals surface area contributed by atoms with E-state index in [4.69, 9.17) is 9.47 Å². The number of pyridine rings is 2. The Morgan fingerprint density at radius 1 is 0.897 bits per heavy atom. The summed E-state index contributed by atoms with van der Waals surface area (Å²) in [5.74, 6) is 0.309. The lowest BCUT2D eigenvalue weighted by Crippen LogP contribution is -2.24. The minimum Gasteiger partial charge on any atom is -0.493 e. The maximum Gasteiger partial charge on any atom is 0.270 e. The summed E-state index contributed by atoms with van der Waals surface area (Å²) in [6.07, 6.45) is 4.72. The van der Waals surface area contributed by atoms with Gasteiger partial charge in [0.1, 0.15) is 5.69 Å². The van der Waals surface area contributed by atoms with Crippen LogP contribution < -0.4 is 20.1 Å². The van der Waals surface area contributed by atoms with Gasteiger partial charge in [-0.05, 0) is 42.0 Å². The second kappa shape index (κ2) is 9.32. The number of amides is 2. The molecule has 0 aliphatic rings. The van der Waals surface area contributed by atoms with E-state index in [2.05, 4.69) is 20.6 Å². The van der Waals surface area contributed by atoms with Crippen LogP contribution in [0.1, 0.15) is 26.4 Å². The maximum atomic E-state index is 12.6. The smallest absolute Gasteiger partial charge is 0.270 e. The lowest BCUT2D eigenvalue weighted by atomic mass is 10.2. The average molecular weight is 392 g/mol. The molecule has 2 N–H and O–H groups in total. The topological polar surface area (TPSA) is 102 Å². The van der Waals surface area contributed by atoms with Crippen molar-refractivity contribution in [2.45, 2.75) is 6.54 Å². The fourth-order valence-electron chi connectivity index (χ4n) is 2.59. The monoisotopic (exact) mass is 392 g/mol. The van der Waals surface area contributed by atoms with Crippen LogP contribution >= 0.6 is 0 Å². The minimum atomic E-state index is -0.373. The number of anilines is 1. The number of aromatic nitrogens is 2. The first kappa shape index (κ1) is 19.8. The van der Waals surface area contributed by atoms with E-state index in [-0.39, 0.29) is 17.5 Å². The van der Waals surface area contributed by atoms with Gasteiger partial charge in [0.25, 0.3) is 11.8 Å². The van der Waals surface area contributed by atoms with Crippen molar-refractivity contribution in [1.29, 1.82) is 0 Å². The van der Waals surface area contributed by atoms with E-state index in [1.54, 1.807) is 42.7 Å². The maximum absolute atomic E-state index is 12.6. The van der Waals surface area contributed by atoms with Gasteiger partial charge in [0.2, 0.25) is 0 Å². The fraction of sp³-hybridized carbons (Fsp3) is 0.143. The Morgan fingerprint density at radius 3 is 2.38 bits per heavy atom. The van der Waals surface area contributed by atoms with Crippen molar-refractivity contribution in [3.8, 4) is 11.5 Å². The Bertz CT molecular complexity index is 1010. The Labute approximate surface area is 167 Å². The summed E-state index contributed by atoms with van der Waals surface area (Å²) in [5, 5.41) is 5.53. The van der Waals surface area contributed by atoms with E-state index in [1.165, 1.54) is 32.5 Å².